The Bertz CT molecular complexity index is 57.7. The molecule has 0 bridgehead atoms. The maximum atomic E-state index is 8.92. The molecule has 1 N–H and O–H groups in total. The Kier molecular flexibility index (Phi) is 5.64. The van der Waals surface area contributed by atoms with Gasteiger partial charge in [0.25, 0.3) is 0 Å². The van der Waals surface area contributed by atoms with Gasteiger partial charge >= 0.3 is 0 Å². The molecular weight excluding hydrogens is 126 g/mol. The fourth-order valence-electron chi connectivity index (χ4n) is 1.24. The molecule has 0 aliphatic heterocycles. The molecule has 62 valence electrons. The van der Waals surface area contributed by atoms with Crippen LogP contribution in [0.25, 0.3) is 0 Å². The Labute approximate surface area is 63.8 Å². The van der Waals surface area contributed by atoms with Crippen molar-refractivity contribution in [3.63, 3.8) is 0 Å². The molecule has 0 amide bonds. The van der Waals surface area contributed by atoms with Crippen LogP contribution in [0.15, 0.2) is 0 Å². The van der Waals surface area contributed by atoms with Crippen LogP contribution in [0.2, 0.25) is 0 Å². The monoisotopic (exact) mass is 145 g/mol. The fourth-order valence-corrected chi connectivity index (χ4v) is 1.24. The topological polar surface area (TPSA) is 23.5 Å². The minimum Gasteiger partial charge on any atom is -0.395 e. The smallest absolute Gasteiger partial charge is 0.0586 e. The van der Waals surface area contributed by atoms with Crippen molar-refractivity contribution in [2.75, 3.05) is 19.7 Å². The number of rotatable bonds is 5. The summed E-state index contributed by atoms with van der Waals surface area (Å²) in [7, 11) is 0. The first-order valence-electron chi connectivity index (χ1n) is 4.14. The summed E-state index contributed by atoms with van der Waals surface area (Å²) in [5.41, 5.74) is 0. The molecule has 0 aromatic carbocycles. The molecule has 1 unspecified atom stereocenters. The van der Waals surface area contributed by atoms with Crippen molar-refractivity contribution in [1.82, 2.24) is 4.90 Å². The maximum Gasteiger partial charge on any atom is 0.0586 e. The van der Waals surface area contributed by atoms with Gasteiger partial charge < -0.3 is 5.11 Å². The molecule has 0 fully saturated rings. The van der Waals surface area contributed by atoms with E-state index in [2.05, 4.69) is 25.7 Å². The van der Waals surface area contributed by atoms with Gasteiger partial charge in [-0.25, -0.2) is 0 Å². The molecule has 0 aromatic heterocycles. The summed E-state index contributed by atoms with van der Waals surface area (Å²) >= 11 is 0. The molecule has 2 heteroatoms. The van der Waals surface area contributed by atoms with Gasteiger partial charge in [0.2, 0.25) is 0 Å². The summed E-state index contributed by atoms with van der Waals surface area (Å²) in [6, 6.07) is 0.370. The molecule has 0 spiro atoms. The third-order valence-corrected chi connectivity index (χ3v) is 2.01. The number of aliphatic hydroxyl groups excluding tert-OH is 1. The molecule has 0 rings (SSSR count). The molecule has 1 atom stereocenters. The van der Waals surface area contributed by atoms with Crippen molar-refractivity contribution < 1.29 is 5.11 Å². The average molecular weight is 145 g/mol. The molecular formula is C8H19NO. The van der Waals surface area contributed by atoms with Crippen molar-refractivity contribution in [3.8, 4) is 0 Å². The van der Waals surface area contributed by atoms with Gasteiger partial charge in [-0.2, -0.15) is 0 Å². The van der Waals surface area contributed by atoms with Gasteiger partial charge in [-0.1, -0.05) is 20.8 Å². The third kappa shape index (κ3) is 2.67. The summed E-state index contributed by atoms with van der Waals surface area (Å²) in [6.07, 6.45) is 1.04. The number of aliphatic hydroxyl groups is 1. The van der Waals surface area contributed by atoms with E-state index in [1.807, 2.05) is 0 Å². The van der Waals surface area contributed by atoms with Crippen molar-refractivity contribution >= 4 is 0 Å². The highest BCUT2D eigenvalue weighted by atomic mass is 16.3. The van der Waals surface area contributed by atoms with E-state index in [9.17, 15) is 0 Å². The van der Waals surface area contributed by atoms with Gasteiger partial charge in [0.05, 0.1) is 6.61 Å². The first kappa shape index (κ1) is 9.92. The zero-order valence-corrected chi connectivity index (χ0v) is 7.30. The molecule has 10 heavy (non-hydrogen) atoms. The summed E-state index contributed by atoms with van der Waals surface area (Å²) in [6.45, 7) is 8.73. The lowest BCUT2D eigenvalue weighted by atomic mass is 10.2. The lowest BCUT2D eigenvalue weighted by Gasteiger charge is -2.26. The predicted molar refractivity (Wildman–Crippen MR) is 44.1 cm³/mol. The Balaban J connectivity index is 3.70. The number of nitrogens with zero attached hydrogens (tertiary/aromatic N) is 1. The van der Waals surface area contributed by atoms with Crippen molar-refractivity contribution in [2.45, 2.75) is 33.2 Å². The molecule has 0 aliphatic rings. The van der Waals surface area contributed by atoms with E-state index in [4.69, 9.17) is 5.11 Å². The highest BCUT2D eigenvalue weighted by Crippen LogP contribution is 2.01. The average Bonchev–Trinajstić information content (AvgIpc) is 2.00. The zero-order chi connectivity index (χ0) is 7.98. The van der Waals surface area contributed by atoms with Gasteiger partial charge in [0.15, 0.2) is 0 Å². The van der Waals surface area contributed by atoms with Crippen LogP contribution in [0, 0.1) is 0 Å². The van der Waals surface area contributed by atoms with Crippen molar-refractivity contribution in [3.05, 3.63) is 0 Å². The number of hydrogen-bond acceptors (Lipinski definition) is 2. The standard InChI is InChI=1S/C8H19NO/c1-4-8(7-10)9(5-2)6-3/h8,10H,4-7H2,1-3H3. The van der Waals surface area contributed by atoms with Crippen LogP contribution < -0.4 is 0 Å². The molecule has 0 aromatic rings. The number of likely N-dealkylation sites (N-methyl/N-ethyl adjacent to an activating group) is 1. The van der Waals surface area contributed by atoms with E-state index in [1.54, 1.807) is 0 Å². The van der Waals surface area contributed by atoms with Crippen LogP contribution in [-0.4, -0.2) is 35.7 Å². The SMILES string of the molecule is CCC(CO)N(CC)CC. The predicted octanol–water partition coefficient (Wildman–Crippen LogP) is 1.10. The second-order valence-electron chi connectivity index (χ2n) is 2.47. The highest BCUT2D eigenvalue weighted by Gasteiger charge is 2.10. The summed E-state index contributed by atoms with van der Waals surface area (Å²) in [5.74, 6) is 0. The molecule has 0 saturated carbocycles. The number of hydrogen-bond donors (Lipinski definition) is 1. The molecule has 0 saturated heterocycles. The largest absolute Gasteiger partial charge is 0.395 e. The van der Waals surface area contributed by atoms with Crippen LogP contribution in [-0.2, 0) is 0 Å². The minimum absolute atomic E-state index is 0.290. The Hall–Kier alpha value is -0.0800. The van der Waals surface area contributed by atoms with Gasteiger partial charge in [-0.15, -0.1) is 0 Å². The molecule has 0 heterocycles. The first-order valence-corrected chi connectivity index (χ1v) is 4.14. The molecule has 0 radical (unpaired) electrons. The lowest BCUT2D eigenvalue weighted by Crippen LogP contribution is -2.37. The van der Waals surface area contributed by atoms with Crippen LogP contribution in [0.4, 0.5) is 0 Å². The first-order chi connectivity index (χ1) is 4.79. The van der Waals surface area contributed by atoms with E-state index in [0.29, 0.717) is 6.04 Å². The second-order valence-corrected chi connectivity index (χ2v) is 2.47. The summed E-state index contributed by atoms with van der Waals surface area (Å²) in [4.78, 5) is 2.28. The Morgan fingerprint density at radius 2 is 1.70 bits per heavy atom. The summed E-state index contributed by atoms with van der Waals surface area (Å²) in [5, 5.41) is 8.92. The third-order valence-electron chi connectivity index (χ3n) is 2.01. The molecule has 0 aliphatic carbocycles. The van der Waals surface area contributed by atoms with E-state index in [-0.39, 0.29) is 6.61 Å². The van der Waals surface area contributed by atoms with Crippen LogP contribution in [0.1, 0.15) is 27.2 Å². The lowest BCUT2D eigenvalue weighted by molar-refractivity contribution is 0.130. The van der Waals surface area contributed by atoms with Crippen LogP contribution >= 0.6 is 0 Å². The fraction of sp³-hybridized carbons (Fsp3) is 1.00. The van der Waals surface area contributed by atoms with E-state index in [1.165, 1.54) is 0 Å². The van der Waals surface area contributed by atoms with Gasteiger partial charge in [-0.05, 0) is 19.5 Å². The van der Waals surface area contributed by atoms with Crippen molar-refractivity contribution in [1.29, 1.82) is 0 Å². The van der Waals surface area contributed by atoms with E-state index < -0.39 is 0 Å². The Morgan fingerprint density at radius 1 is 1.20 bits per heavy atom. The quantitative estimate of drug-likeness (QED) is 0.626. The van der Waals surface area contributed by atoms with Crippen molar-refractivity contribution in [2.24, 2.45) is 0 Å². The maximum absolute atomic E-state index is 8.92. The highest BCUT2D eigenvalue weighted by molar-refractivity contribution is 4.65. The minimum atomic E-state index is 0.290. The summed E-state index contributed by atoms with van der Waals surface area (Å²) < 4.78 is 0. The van der Waals surface area contributed by atoms with Gasteiger partial charge in [0.1, 0.15) is 0 Å². The normalized spacial score (nSPS) is 14.1. The van der Waals surface area contributed by atoms with Crippen LogP contribution in [0.3, 0.4) is 0 Å². The molecule has 2 nitrogen and oxygen atoms in total. The van der Waals surface area contributed by atoms with Gasteiger partial charge in [0, 0.05) is 6.04 Å². The van der Waals surface area contributed by atoms with Crippen LogP contribution in [0.5, 0.6) is 0 Å². The zero-order valence-electron chi connectivity index (χ0n) is 7.30. The van der Waals surface area contributed by atoms with E-state index in [0.717, 1.165) is 19.5 Å². The Morgan fingerprint density at radius 3 is 1.80 bits per heavy atom. The van der Waals surface area contributed by atoms with Gasteiger partial charge in [-0.3, -0.25) is 4.90 Å². The van der Waals surface area contributed by atoms with E-state index >= 15 is 0 Å². The second kappa shape index (κ2) is 5.69.